The van der Waals surface area contributed by atoms with E-state index in [0.29, 0.717) is 49.2 Å². The van der Waals surface area contributed by atoms with Crippen LogP contribution < -0.4 is 10.1 Å². The van der Waals surface area contributed by atoms with Gasteiger partial charge in [0.15, 0.2) is 0 Å². The Bertz CT molecular complexity index is 1120. The molecular formula is C30H34BrClN2O3. The Morgan fingerprint density at radius 2 is 1.62 bits per heavy atom. The average Bonchev–Trinajstić information content (AvgIpc) is 2.89. The van der Waals surface area contributed by atoms with E-state index in [0.717, 1.165) is 15.6 Å². The van der Waals surface area contributed by atoms with Crippen molar-refractivity contribution in [3.8, 4) is 5.75 Å². The quantitative estimate of drug-likeness (QED) is 0.228. The van der Waals surface area contributed by atoms with Gasteiger partial charge in [-0.15, -0.1) is 0 Å². The van der Waals surface area contributed by atoms with Crippen LogP contribution in [0.4, 0.5) is 0 Å². The van der Waals surface area contributed by atoms with Crippen LogP contribution in [0, 0.1) is 5.92 Å². The summed E-state index contributed by atoms with van der Waals surface area (Å²) in [6.45, 7) is 5.40. The van der Waals surface area contributed by atoms with E-state index >= 15 is 0 Å². The number of nitrogens with one attached hydrogen (secondary N) is 1. The second-order valence-electron chi connectivity index (χ2n) is 9.40. The van der Waals surface area contributed by atoms with Gasteiger partial charge >= 0.3 is 0 Å². The number of amides is 2. The van der Waals surface area contributed by atoms with Crippen LogP contribution in [-0.2, 0) is 22.6 Å². The summed E-state index contributed by atoms with van der Waals surface area (Å²) < 4.78 is 6.74. The standard InChI is InChI=1S/C30H34BrClN2O3/c1-22(2)20-33-30(36)28(19-23-7-4-3-5-8-23)34(21-24-10-12-25(31)13-11-24)29(35)9-6-18-37-27-16-14-26(32)15-17-27/h3-5,7-8,10-17,22,28H,6,9,18-21H2,1-2H3,(H,33,36)/t28-/m0/s1. The molecule has 0 radical (unpaired) electrons. The molecule has 196 valence electrons. The van der Waals surface area contributed by atoms with Gasteiger partial charge in [-0.3, -0.25) is 9.59 Å². The van der Waals surface area contributed by atoms with E-state index in [1.54, 1.807) is 29.2 Å². The lowest BCUT2D eigenvalue weighted by Crippen LogP contribution is -2.51. The summed E-state index contributed by atoms with van der Waals surface area (Å²) in [5.41, 5.74) is 1.97. The van der Waals surface area contributed by atoms with Crippen molar-refractivity contribution in [2.75, 3.05) is 13.2 Å². The molecule has 3 rings (SSSR count). The van der Waals surface area contributed by atoms with Gasteiger partial charge in [-0.05, 0) is 59.9 Å². The molecular weight excluding hydrogens is 552 g/mol. The molecule has 5 nitrogen and oxygen atoms in total. The first-order chi connectivity index (χ1) is 17.8. The molecule has 2 amide bonds. The summed E-state index contributed by atoms with van der Waals surface area (Å²) in [4.78, 5) is 28.8. The van der Waals surface area contributed by atoms with Crippen molar-refractivity contribution in [3.05, 3.63) is 99.5 Å². The first-order valence-corrected chi connectivity index (χ1v) is 13.7. The topological polar surface area (TPSA) is 58.6 Å². The largest absolute Gasteiger partial charge is 0.494 e. The van der Waals surface area contributed by atoms with Gasteiger partial charge in [-0.1, -0.05) is 83.8 Å². The van der Waals surface area contributed by atoms with Gasteiger partial charge in [0.05, 0.1) is 6.61 Å². The molecule has 1 N–H and O–H groups in total. The second kappa shape index (κ2) is 14.8. The number of rotatable bonds is 13. The Labute approximate surface area is 233 Å². The molecule has 1 atom stereocenters. The van der Waals surface area contributed by atoms with E-state index in [4.69, 9.17) is 16.3 Å². The van der Waals surface area contributed by atoms with Gasteiger partial charge in [0.1, 0.15) is 11.8 Å². The van der Waals surface area contributed by atoms with Crippen molar-refractivity contribution in [1.82, 2.24) is 10.2 Å². The van der Waals surface area contributed by atoms with Crippen LogP contribution in [0.5, 0.6) is 5.75 Å². The molecule has 0 fully saturated rings. The van der Waals surface area contributed by atoms with E-state index in [-0.39, 0.29) is 18.2 Å². The normalized spacial score (nSPS) is 11.7. The lowest BCUT2D eigenvalue weighted by molar-refractivity contribution is -0.141. The summed E-state index contributed by atoms with van der Waals surface area (Å²) in [6, 6.07) is 24.2. The number of hydrogen-bond acceptors (Lipinski definition) is 3. The summed E-state index contributed by atoms with van der Waals surface area (Å²) >= 11 is 9.41. The molecule has 0 heterocycles. The maximum Gasteiger partial charge on any atom is 0.243 e. The number of carbonyl (C=O) groups is 2. The molecule has 0 bridgehead atoms. The number of ether oxygens (including phenoxy) is 1. The number of halogens is 2. The number of hydrogen-bond donors (Lipinski definition) is 1. The molecule has 0 unspecified atom stereocenters. The van der Waals surface area contributed by atoms with Gasteiger partial charge in [-0.25, -0.2) is 0 Å². The maximum absolute atomic E-state index is 13.6. The minimum Gasteiger partial charge on any atom is -0.494 e. The fraction of sp³-hybridized carbons (Fsp3) is 0.333. The number of nitrogens with zero attached hydrogens (tertiary/aromatic N) is 1. The molecule has 0 saturated heterocycles. The van der Waals surface area contributed by atoms with E-state index < -0.39 is 6.04 Å². The van der Waals surface area contributed by atoms with Crippen molar-refractivity contribution < 1.29 is 14.3 Å². The molecule has 0 aromatic heterocycles. The van der Waals surface area contributed by atoms with Crippen LogP contribution in [0.2, 0.25) is 5.02 Å². The van der Waals surface area contributed by atoms with E-state index in [1.165, 1.54) is 0 Å². The van der Waals surface area contributed by atoms with Gasteiger partial charge in [0.25, 0.3) is 0 Å². The van der Waals surface area contributed by atoms with Gasteiger partial charge in [0.2, 0.25) is 11.8 Å². The highest BCUT2D eigenvalue weighted by Crippen LogP contribution is 2.19. The summed E-state index contributed by atoms with van der Waals surface area (Å²) in [5, 5.41) is 3.69. The zero-order valence-electron chi connectivity index (χ0n) is 21.3. The molecule has 0 spiro atoms. The van der Waals surface area contributed by atoms with E-state index in [2.05, 4.69) is 35.1 Å². The molecule has 3 aromatic rings. The van der Waals surface area contributed by atoms with Crippen LogP contribution >= 0.6 is 27.5 Å². The highest BCUT2D eigenvalue weighted by atomic mass is 79.9. The van der Waals surface area contributed by atoms with Crippen LogP contribution in [0.25, 0.3) is 0 Å². The maximum atomic E-state index is 13.6. The lowest BCUT2D eigenvalue weighted by atomic mass is 10.0. The number of carbonyl (C=O) groups excluding carboxylic acids is 2. The third-order valence-electron chi connectivity index (χ3n) is 5.84. The Morgan fingerprint density at radius 3 is 2.27 bits per heavy atom. The second-order valence-corrected chi connectivity index (χ2v) is 10.8. The third kappa shape index (κ3) is 9.86. The number of benzene rings is 3. The van der Waals surface area contributed by atoms with E-state index in [1.807, 2.05) is 54.6 Å². The van der Waals surface area contributed by atoms with Gasteiger partial charge < -0.3 is 15.0 Å². The monoisotopic (exact) mass is 584 g/mol. The van der Waals surface area contributed by atoms with Crippen molar-refractivity contribution in [2.24, 2.45) is 5.92 Å². The Morgan fingerprint density at radius 1 is 0.946 bits per heavy atom. The SMILES string of the molecule is CC(C)CNC(=O)[C@H](Cc1ccccc1)N(Cc1ccc(Br)cc1)C(=O)CCCOc1ccc(Cl)cc1. The van der Waals surface area contributed by atoms with Crippen molar-refractivity contribution in [1.29, 1.82) is 0 Å². The minimum atomic E-state index is -0.630. The van der Waals surface area contributed by atoms with E-state index in [9.17, 15) is 9.59 Å². The predicted octanol–water partition coefficient (Wildman–Crippen LogP) is 6.67. The molecule has 3 aromatic carbocycles. The molecule has 0 saturated carbocycles. The fourth-order valence-electron chi connectivity index (χ4n) is 3.85. The summed E-state index contributed by atoms with van der Waals surface area (Å²) in [7, 11) is 0. The minimum absolute atomic E-state index is 0.0803. The molecule has 0 aliphatic carbocycles. The van der Waals surface area contributed by atoms with Gasteiger partial charge in [-0.2, -0.15) is 0 Å². The van der Waals surface area contributed by atoms with Crippen molar-refractivity contribution in [3.63, 3.8) is 0 Å². The van der Waals surface area contributed by atoms with Crippen LogP contribution in [0.1, 0.15) is 37.8 Å². The highest BCUT2D eigenvalue weighted by Gasteiger charge is 2.30. The Hall–Kier alpha value is -2.83. The first-order valence-electron chi connectivity index (χ1n) is 12.6. The molecule has 37 heavy (non-hydrogen) atoms. The smallest absolute Gasteiger partial charge is 0.243 e. The Kier molecular flexibility index (Phi) is 11.5. The third-order valence-corrected chi connectivity index (χ3v) is 6.62. The molecule has 0 aliphatic rings. The summed E-state index contributed by atoms with van der Waals surface area (Å²) in [6.07, 6.45) is 1.24. The summed E-state index contributed by atoms with van der Waals surface area (Å²) in [5.74, 6) is 0.796. The first kappa shape index (κ1) is 28.7. The zero-order chi connectivity index (χ0) is 26.6. The fourth-order valence-corrected chi connectivity index (χ4v) is 4.24. The highest BCUT2D eigenvalue weighted by molar-refractivity contribution is 9.10. The predicted molar refractivity (Wildman–Crippen MR) is 153 cm³/mol. The van der Waals surface area contributed by atoms with Crippen LogP contribution in [0.3, 0.4) is 0 Å². The zero-order valence-corrected chi connectivity index (χ0v) is 23.7. The van der Waals surface area contributed by atoms with Gasteiger partial charge in [0, 0.05) is 35.4 Å². The molecule has 0 aliphatic heterocycles. The lowest BCUT2D eigenvalue weighted by Gasteiger charge is -2.32. The van der Waals surface area contributed by atoms with Crippen molar-refractivity contribution in [2.45, 2.75) is 45.7 Å². The average molecular weight is 586 g/mol. The molecule has 7 heteroatoms. The Balaban J connectivity index is 1.77. The van der Waals surface area contributed by atoms with Crippen molar-refractivity contribution >= 4 is 39.3 Å². The van der Waals surface area contributed by atoms with Crippen LogP contribution in [-0.4, -0.2) is 35.9 Å². The van der Waals surface area contributed by atoms with Crippen LogP contribution in [0.15, 0.2) is 83.3 Å².